The van der Waals surface area contributed by atoms with Crippen LogP contribution >= 0.6 is 0 Å². The number of hydrogen-bond acceptors (Lipinski definition) is 3. The summed E-state index contributed by atoms with van der Waals surface area (Å²) in [5.41, 5.74) is 0. The van der Waals surface area contributed by atoms with Crippen LogP contribution in [0.3, 0.4) is 0 Å². The maximum Gasteiger partial charge on any atom is 0.141 e. The molecular formula is C14H24N4. The smallest absolute Gasteiger partial charge is 0.141 e. The van der Waals surface area contributed by atoms with Crippen LogP contribution in [0.5, 0.6) is 0 Å². The fraction of sp³-hybridized carbons (Fsp3) is 0.857. The van der Waals surface area contributed by atoms with Crippen molar-refractivity contribution in [3.05, 3.63) is 12.2 Å². The van der Waals surface area contributed by atoms with Gasteiger partial charge >= 0.3 is 0 Å². The van der Waals surface area contributed by atoms with Crippen LogP contribution in [0.15, 0.2) is 6.33 Å². The monoisotopic (exact) mass is 248 g/mol. The van der Waals surface area contributed by atoms with E-state index in [0.29, 0.717) is 6.04 Å². The summed E-state index contributed by atoms with van der Waals surface area (Å²) >= 11 is 0. The van der Waals surface area contributed by atoms with Crippen LogP contribution in [-0.2, 0) is 6.54 Å². The third-order valence-corrected chi connectivity index (χ3v) is 4.27. The van der Waals surface area contributed by atoms with Gasteiger partial charge in [0.1, 0.15) is 12.2 Å². The lowest BCUT2D eigenvalue weighted by Crippen LogP contribution is -2.27. The average Bonchev–Trinajstić information content (AvgIpc) is 3.02. The Bertz CT molecular complexity index is 386. The van der Waals surface area contributed by atoms with Gasteiger partial charge < -0.3 is 5.32 Å². The van der Waals surface area contributed by atoms with Crippen molar-refractivity contribution in [3.8, 4) is 0 Å². The number of rotatable bonds is 4. The SMILES string of the molecule is CC1CC(C)CC(n2ncnc2CNC2CC2)C1. The molecule has 0 spiro atoms. The summed E-state index contributed by atoms with van der Waals surface area (Å²) < 4.78 is 2.18. The fourth-order valence-corrected chi connectivity index (χ4v) is 3.33. The van der Waals surface area contributed by atoms with E-state index in [1.807, 2.05) is 0 Å². The molecule has 100 valence electrons. The van der Waals surface area contributed by atoms with Crippen molar-refractivity contribution in [2.45, 2.75) is 64.6 Å². The molecule has 2 aliphatic rings. The van der Waals surface area contributed by atoms with E-state index < -0.39 is 0 Å². The molecule has 0 saturated heterocycles. The predicted molar refractivity (Wildman–Crippen MR) is 71.1 cm³/mol. The van der Waals surface area contributed by atoms with E-state index in [4.69, 9.17) is 0 Å². The molecular weight excluding hydrogens is 224 g/mol. The molecule has 0 amide bonds. The van der Waals surface area contributed by atoms with E-state index in [0.717, 1.165) is 30.2 Å². The highest BCUT2D eigenvalue weighted by Gasteiger charge is 2.28. The minimum atomic E-state index is 0.558. The second-order valence-corrected chi connectivity index (χ2v) is 6.35. The molecule has 18 heavy (non-hydrogen) atoms. The van der Waals surface area contributed by atoms with Gasteiger partial charge in [-0.05, 0) is 43.9 Å². The molecule has 2 unspecified atom stereocenters. The van der Waals surface area contributed by atoms with Crippen LogP contribution in [0.2, 0.25) is 0 Å². The van der Waals surface area contributed by atoms with Crippen molar-refractivity contribution in [1.82, 2.24) is 20.1 Å². The van der Waals surface area contributed by atoms with Crippen molar-refractivity contribution < 1.29 is 0 Å². The zero-order valence-corrected chi connectivity index (χ0v) is 11.5. The number of nitrogens with zero attached hydrogens (tertiary/aromatic N) is 3. The lowest BCUT2D eigenvalue weighted by Gasteiger charge is -2.32. The Morgan fingerprint density at radius 3 is 2.61 bits per heavy atom. The molecule has 2 atom stereocenters. The standard InChI is InChI=1S/C14H24N4/c1-10-5-11(2)7-13(6-10)18-14(16-9-17-18)8-15-12-3-4-12/h9-13,15H,3-8H2,1-2H3. The second-order valence-electron chi connectivity index (χ2n) is 6.35. The molecule has 1 aromatic heterocycles. The topological polar surface area (TPSA) is 42.7 Å². The molecule has 0 radical (unpaired) electrons. The first kappa shape index (κ1) is 12.2. The molecule has 3 rings (SSSR count). The Morgan fingerprint density at radius 2 is 1.94 bits per heavy atom. The summed E-state index contributed by atoms with van der Waals surface area (Å²) in [6.07, 6.45) is 8.24. The first-order valence-electron chi connectivity index (χ1n) is 7.34. The maximum atomic E-state index is 4.47. The minimum Gasteiger partial charge on any atom is -0.307 e. The number of aromatic nitrogens is 3. The molecule has 1 heterocycles. The van der Waals surface area contributed by atoms with E-state index in [-0.39, 0.29) is 0 Å². The first-order valence-corrected chi connectivity index (χ1v) is 7.34. The van der Waals surface area contributed by atoms with E-state index in [9.17, 15) is 0 Å². The van der Waals surface area contributed by atoms with Gasteiger partial charge in [0.25, 0.3) is 0 Å². The largest absolute Gasteiger partial charge is 0.307 e. The third-order valence-electron chi connectivity index (χ3n) is 4.27. The number of nitrogens with one attached hydrogen (secondary N) is 1. The van der Waals surface area contributed by atoms with Crippen LogP contribution in [0.25, 0.3) is 0 Å². The summed E-state index contributed by atoms with van der Waals surface area (Å²) in [6.45, 7) is 5.60. The Balaban J connectivity index is 1.68. The van der Waals surface area contributed by atoms with E-state index in [1.54, 1.807) is 6.33 Å². The van der Waals surface area contributed by atoms with Gasteiger partial charge in [0.2, 0.25) is 0 Å². The van der Waals surface area contributed by atoms with E-state index in [2.05, 4.69) is 33.9 Å². The summed E-state index contributed by atoms with van der Waals surface area (Å²) in [7, 11) is 0. The molecule has 2 saturated carbocycles. The van der Waals surface area contributed by atoms with Gasteiger partial charge in [0, 0.05) is 6.04 Å². The van der Waals surface area contributed by atoms with Gasteiger partial charge in [-0.1, -0.05) is 13.8 Å². The molecule has 0 aliphatic heterocycles. The molecule has 1 N–H and O–H groups in total. The van der Waals surface area contributed by atoms with Gasteiger partial charge in [0.05, 0.1) is 12.6 Å². The van der Waals surface area contributed by atoms with E-state index in [1.165, 1.54) is 32.1 Å². The Kier molecular flexibility index (Phi) is 3.37. The minimum absolute atomic E-state index is 0.558. The lowest BCUT2D eigenvalue weighted by molar-refractivity contribution is 0.205. The van der Waals surface area contributed by atoms with Crippen LogP contribution in [0, 0.1) is 11.8 Å². The van der Waals surface area contributed by atoms with Crippen molar-refractivity contribution in [2.24, 2.45) is 11.8 Å². The van der Waals surface area contributed by atoms with Crippen LogP contribution < -0.4 is 5.32 Å². The predicted octanol–water partition coefficient (Wildman–Crippen LogP) is 2.53. The highest BCUT2D eigenvalue weighted by Crippen LogP contribution is 2.35. The van der Waals surface area contributed by atoms with E-state index >= 15 is 0 Å². The van der Waals surface area contributed by atoms with Gasteiger partial charge in [-0.2, -0.15) is 5.10 Å². The fourth-order valence-electron chi connectivity index (χ4n) is 3.33. The lowest BCUT2D eigenvalue weighted by atomic mass is 9.80. The molecule has 0 aromatic carbocycles. The van der Waals surface area contributed by atoms with Gasteiger partial charge in [-0.3, -0.25) is 0 Å². The molecule has 4 nitrogen and oxygen atoms in total. The van der Waals surface area contributed by atoms with Crippen LogP contribution in [0.1, 0.15) is 57.8 Å². The number of hydrogen-bond donors (Lipinski definition) is 1. The Morgan fingerprint density at radius 1 is 1.22 bits per heavy atom. The Hall–Kier alpha value is -0.900. The van der Waals surface area contributed by atoms with Crippen molar-refractivity contribution in [2.75, 3.05) is 0 Å². The Labute approximate surface area is 109 Å². The van der Waals surface area contributed by atoms with Crippen molar-refractivity contribution >= 4 is 0 Å². The normalized spacial score (nSPS) is 32.7. The molecule has 1 aromatic rings. The summed E-state index contributed by atoms with van der Waals surface area (Å²) in [6, 6.07) is 1.29. The van der Waals surface area contributed by atoms with Crippen LogP contribution in [-0.4, -0.2) is 20.8 Å². The maximum absolute atomic E-state index is 4.47. The quantitative estimate of drug-likeness (QED) is 0.890. The molecule has 0 bridgehead atoms. The van der Waals surface area contributed by atoms with Gasteiger partial charge in [-0.25, -0.2) is 9.67 Å². The first-order chi connectivity index (χ1) is 8.72. The second kappa shape index (κ2) is 5.00. The highest BCUT2D eigenvalue weighted by molar-refractivity contribution is 4.92. The van der Waals surface area contributed by atoms with Crippen LogP contribution in [0.4, 0.5) is 0 Å². The molecule has 2 fully saturated rings. The third kappa shape index (κ3) is 2.74. The van der Waals surface area contributed by atoms with Crippen molar-refractivity contribution in [1.29, 1.82) is 0 Å². The van der Waals surface area contributed by atoms with Crippen molar-refractivity contribution in [3.63, 3.8) is 0 Å². The average molecular weight is 248 g/mol. The summed E-state index contributed by atoms with van der Waals surface area (Å²) in [5, 5.41) is 8.01. The highest BCUT2D eigenvalue weighted by atomic mass is 15.4. The molecule has 4 heteroatoms. The summed E-state index contributed by atoms with van der Waals surface area (Å²) in [4.78, 5) is 4.43. The van der Waals surface area contributed by atoms with Gasteiger partial charge in [0.15, 0.2) is 0 Å². The summed E-state index contributed by atoms with van der Waals surface area (Å²) in [5.74, 6) is 2.74. The van der Waals surface area contributed by atoms with Gasteiger partial charge in [-0.15, -0.1) is 0 Å². The zero-order chi connectivity index (χ0) is 12.5. The zero-order valence-electron chi connectivity index (χ0n) is 11.5. The molecule has 2 aliphatic carbocycles.